The van der Waals surface area contributed by atoms with Crippen LogP contribution in [0.5, 0.6) is 5.88 Å². The van der Waals surface area contributed by atoms with Crippen LogP contribution in [0.1, 0.15) is 12.6 Å². The summed E-state index contributed by atoms with van der Waals surface area (Å²) in [5.74, 6) is -0.0528. The fraction of sp³-hybridized carbons (Fsp3) is 0.545. The molecular weight excluding hydrogens is 531 g/mol. The van der Waals surface area contributed by atoms with E-state index in [1.54, 1.807) is 0 Å². The third-order valence-corrected chi connectivity index (χ3v) is 7.58. The Kier molecular flexibility index (Phi) is 16.3. The van der Waals surface area contributed by atoms with Crippen molar-refractivity contribution in [1.29, 1.82) is 0 Å². The Labute approximate surface area is 251 Å². The fourth-order valence-corrected chi connectivity index (χ4v) is 5.61. The number of phosphoric ester groups is 1. The third kappa shape index (κ3) is 10.4. The number of ether oxygens (including phenoxy) is 2. The van der Waals surface area contributed by atoms with E-state index in [0.717, 1.165) is 0 Å². The van der Waals surface area contributed by atoms with E-state index in [2.05, 4.69) is 28.1 Å². The van der Waals surface area contributed by atoms with Crippen LogP contribution in [0.15, 0.2) is 6.33 Å². The number of aromatic nitrogens is 4. The molecule has 0 radical (unpaired) electrons. The first-order valence-corrected chi connectivity index (χ1v) is 12.7. The molecule has 3 heterocycles. The van der Waals surface area contributed by atoms with Crippen LogP contribution in [0.4, 0.5) is 5.95 Å². The van der Waals surface area contributed by atoms with Crippen LogP contribution in [0.25, 0.3) is 11.2 Å². The third-order valence-electron chi connectivity index (χ3n) is 3.91. The largest absolute Gasteiger partial charge is 1.00 e. The predicted molar refractivity (Wildman–Crippen MR) is 91.8 cm³/mol. The van der Waals surface area contributed by atoms with Crippen LogP contribution in [-0.2, 0) is 31.6 Å². The van der Waals surface area contributed by atoms with Crippen LogP contribution in [0.3, 0.4) is 0 Å². The minimum Gasteiger partial charge on any atom is -0.790 e. The minimum absolute atomic E-state index is 0. The zero-order valence-electron chi connectivity index (χ0n) is 19.8. The smallest absolute Gasteiger partial charge is 0.790 e. The molecule has 1 aliphatic rings. The summed E-state index contributed by atoms with van der Waals surface area (Å²) < 4.78 is 55.9. The number of aliphatic hydroxyl groups excluding tert-OH is 1. The second kappa shape index (κ2) is 15.0. The van der Waals surface area contributed by atoms with Gasteiger partial charge in [0.05, 0.1) is 34.0 Å². The molecule has 0 amide bonds. The minimum atomic E-state index is -6.11. The van der Waals surface area contributed by atoms with Crippen molar-refractivity contribution in [2.45, 2.75) is 24.9 Å². The number of hydrogen-bond acceptors (Lipinski definition) is 17. The number of aliphatic hydroxyl groups is 1. The van der Waals surface area contributed by atoms with Crippen molar-refractivity contribution < 1.29 is 136 Å². The summed E-state index contributed by atoms with van der Waals surface area (Å²) in [5.41, 5.74) is 6.04. The molecule has 36 heavy (non-hydrogen) atoms. The first-order chi connectivity index (χ1) is 14.7. The number of anilines is 1. The zero-order valence-corrected chi connectivity index (χ0v) is 22.5. The number of nitrogen functional groups attached to an aromatic ring is 1. The van der Waals surface area contributed by atoms with Gasteiger partial charge in [0.25, 0.3) is 15.6 Å². The van der Waals surface area contributed by atoms with E-state index < -0.39 is 48.5 Å². The van der Waals surface area contributed by atoms with Gasteiger partial charge in [0.1, 0.15) is 12.3 Å². The van der Waals surface area contributed by atoms with Gasteiger partial charge < -0.3 is 49.0 Å². The molecule has 180 valence electrons. The monoisotopic (exact) mass is 545 g/mol. The predicted octanol–water partition coefficient (Wildman–Crippen LogP) is -15.1. The topological polar surface area (TPSA) is 279 Å². The molecule has 0 saturated carbocycles. The average molecular weight is 545 g/mol. The molecule has 0 aliphatic carbocycles. The van der Waals surface area contributed by atoms with Crippen molar-refractivity contribution in [2.75, 3.05) is 19.5 Å². The molecule has 5 unspecified atom stereocenters. The summed E-state index contributed by atoms with van der Waals surface area (Å²) in [6.07, 6.45) is -2.32. The molecule has 0 aromatic carbocycles. The Morgan fingerprint density at radius 3 is 2.28 bits per heavy atom. The number of fused-ring (bicyclic) bond motifs is 1. The van der Waals surface area contributed by atoms with Crippen molar-refractivity contribution in [2.24, 2.45) is 0 Å². The number of nitrogens with two attached hydrogens (primary N) is 1. The summed E-state index contributed by atoms with van der Waals surface area (Å²) in [4.78, 5) is 55.4. The maximum absolute atomic E-state index is 11.6. The average Bonchev–Trinajstić information content (AvgIpc) is 3.19. The molecule has 0 bridgehead atoms. The first-order valence-electron chi connectivity index (χ1n) is 8.28. The number of imidazole rings is 1. The molecule has 5 atom stereocenters. The summed E-state index contributed by atoms with van der Waals surface area (Å²) in [6, 6.07) is 0. The maximum Gasteiger partial charge on any atom is 1.00 e. The van der Waals surface area contributed by atoms with E-state index in [4.69, 9.17) is 15.2 Å². The van der Waals surface area contributed by atoms with Crippen molar-refractivity contribution in [3.8, 4) is 5.88 Å². The molecule has 3 rings (SSSR count). The number of phosphoric acid groups is 3. The quantitative estimate of drug-likeness (QED) is 0.218. The Hall–Kier alpha value is 0.870. The van der Waals surface area contributed by atoms with Gasteiger partial charge in [-0.25, -0.2) is 9.29 Å². The molecule has 1 aliphatic heterocycles. The van der Waals surface area contributed by atoms with Gasteiger partial charge in [0, 0.05) is 6.42 Å². The fourth-order valence-electron chi connectivity index (χ4n) is 2.74. The van der Waals surface area contributed by atoms with Gasteiger partial charge in [0.15, 0.2) is 11.2 Å². The Morgan fingerprint density at radius 1 is 1.11 bits per heavy atom. The van der Waals surface area contributed by atoms with Gasteiger partial charge in [-0.15, -0.1) is 0 Å². The summed E-state index contributed by atoms with van der Waals surface area (Å²) in [5, 5.41) is 10.2. The van der Waals surface area contributed by atoms with Gasteiger partial charge in [-0.3, -0.25) is 18.0 Å². The van der Waals surface area contributed by atoms with Crippen molar-refractivity contribution in [3.05, 3.63) is 6.33 Å². The van der Waals surface area contributed by atoms with E-state index in [-0.39, 0.29) is 105 Å². The summed E-state index contributed by atoms with van der Waals surface area (Å²) in [7, 11) is -16.6. The van der Waals surface area contributed by atoms with E-state index in [0.29, 0.717) is 0 Å². The van der Waals surface area contributed by atoms with Crippen LogP contribution >= 0.6 is 23.5 Å². The molecule has 1 saturated heterocycles. The van der Waals surface area contributed by atoms with Crippen molar-refractivity contribution in [1.82, 2.24) is 19.5 Å². The van der Waals surface area contributed by atoms with Gasteiger partial charge in [-0.2, -0.15) is 9.97 Å². The molecule has 25 heteroatoms. The van der Waals surface area contributed by atoms with Gasteiger partial charge in [-0.05, 0) is 0 Å². The molecule has 2 aromatic rings. The van der Waals surface area contributed by atoms with Crippen LogP contribution in [0, 0.1) is 0 Å². The van der Waals surface area contributed by atoms with Gasteiger partial charge >= 0.3 is 75.4 Å². The SMILES string of the molecule is COc1nc(N)nc2c1ncn2C1CC(O)C(COP(=O)([O-])OP(=O)([O-])OP(=O)([O-])[O-])O1.[Li+].[Li+].[Li+].[Li+]. The maximum atomic E-state index is 11.6. The van der Waals surface area contributed by atoms with E-state index in [1.165, 1.54) is 18.0 Å². The zero-order chi connectivity index (χ0) is 23.9. The second-order valence-corrected chi connectivity index (χ2v) is 10.4. The standard InChI is InChI=1S/C11H18N5O13P3.4Li/c1-25-10-8-9(14-11(12)15-10)16(4-13-8)7-2-5(17)6(27-7)3-26-31(21,22)29-32(23,24)28-30(18,19)20;;;;/h4-7,17H,2-3H2,1H3,(H,21,22)(H,23,24)(H2,12,14,15)(H2,18,19,20);;;;/q;4*+1/p-4. The molecule has 0 spiro atoms. The first kappa shape index (κ1) is 39.0. The molecule has 3 N–H and O–H groups in total. The number of hydrogen-bond donors (Lipinski definition) is 2. The van der Waals surface area contributed by atoms with Crippen molar-refractivity contribution in [3.63, 3.8) is 0 Å². The molecular formula is C11H14Li4N5O13P3. The summed E-state index contributed by atoms with van der Waals surface area (Å²) in [6.45, 7) is -0.933. The Morgan fingerprint density at radius 2 is 1.72 bits per heavy atom. The molecule has 18 nitrogen and oxygen atoms in total. The van der Waals surface area contributed by atoms with Gasteiger partial charge in [-0.1, -0.05) is 0 Å². The number of rotatable bonds is 9. The second-order valence-electron chi connectivity index (χ2n) is 6.15. The molecule has 1 fully saturated rings. The Bertz CT molecular complexity index is 1150. The van der Waals surface area contributed by atoms with E-state index in [1.807, 2.05) is 0 Å². The van der Waals surface area contributed by atoms with Crippen LogP contribution < -0.4 is 105 Å². The normalized spacial score (nSPS) is 22.7. The Balaban J connectivity index is 0. The molecule has 2 aromatic heterocycles. The number of methoxy groups -OCH3 is 1. The van der Waals surface area contributed by atoms with E-state index >= 15 is 0 Å². The van der Waals surface area contributed by atoms with E-state index in [9.17, 15) is 38.4 Å². The van der Waals surface area contributed by atoms with Crippen molar-refractivity contribution >= 4 is 40.6 Å². The van der Waals surface area contributed by atoms with Gasteiger partial charge in [0.2, 0.25) is 11.8 Å². The number of nitrogens with zero attached hydrogens (tertiary/aromatic N) is 4. The van der Waals surface area contributed by atoms with Crippen LogP contribution in [0.2, 0.25) is 0 Å². The summed E-state index contributed by atoms with van der Waals surface area (Å²) >= 11 is 0. The van der Waals surface area contributed by atoms with Crippen LogP contribution in [-0.4, -0.2) is 50.6 Å².